The predicted molar refractivity (Wildman–Crippen MR) is 97.3 cm³/mol. The molecule has 0 amide bonds. The molecule has 2 heterocycles. The van der Waals surface area contributed by atoms with Crippen molar-refractivity contribution in [3.63, 3.8) is 0 Å². The number of carbonyl (C=O) groups excluding carboxylic acids is 3. The van der Waals surface area contributed by atoms with Crippen LogP contribution >= 0.6 is 0 Å². The maximum Gasteiger partial charge on any atom is 0.393 e. The lowest BCUT2D eigenvalue weighted by Crippen LogP contribution is -2.65. The number of cyclic esters (lactones) is 1. The highest BCUT2D eigenvalue weighted by Gasteiger charge is 2.78. The Hall–Kier alpha value is -1.84. The van der Waals surface area contributed by atoms with Gasteiger partial charge in [-0.25, -0.2) is 4.79 Å². The van der Waals surface area contributed by atoms with E-state index in [0.29, 0.717) is 12.8 Å². The zero-order valence-electron chi connectivity index (χ0n) is 17.7. The molecule has 3 aliphatic carbocycles. The molecule has 0 spiro atoms. The predicted octanol–water partition coefficient (Wildman–Crippen LogP) is 2.80. The summed E-state index contributed by atoms with van der Waals surface area (Å²) in [5, 5.41) is 0. The summed E-state index contributed by atoms with van der Waals surface area (Å²) < 4.78 is 64.5. The van der Waals surface area contributed by atoms with Crippen LogP contribution in [0.4, 0.5) is 13.2 Å². The third kappa shape index (κ3) is 3.32. The van der Waals surface area contributed by atoms with Gasteiger partial charge in [-0.2, -0.15) is 13.2 Å². The molecule has 3 saturated carbocycles. The van der Waals surface area contributed by atoms with Crippen LogP contribution < -0.4 is 0 Å². The summed E-state index contributed by atoms with van der Waals surface area (Å²) >= 11 is 0. The average molecular weight is 448 g/mol. The van der Waals surface area contributed by atoms with Crippen LogP contribution in [0.15, 0.2) is 0 Å². The quantitative estimate of drug-likeness (QED) is 0.456. The standard InChI is InChI=1S/C21H27F3O7/c1-4-19(2,3)17(26)30-13-10-5-6-11-14(13)31-18(27)20(11,15(10)21(22,23)24)9-29-12-7-8-28-16(12)25/h10-15H,4-9H2,1-3H3. The summed E-state index contributed by atoms with van der Waals surface area (Å²) in [5.74, 6) is -6.24. The van der Waals surface area contributed by atoms with Gasteiger partial charge in [0, 0.05) is 18.3 Å². The van der Waals surface area contributed by atoms with Gasteiger partial charge in [-0.15, -0.1) is 0 Å². The zero-order chi connectivity index (χ0) is 22.8. The van der Waals surface area contributed by atoms with Gasteiger partial charge in [0.2, 0.25) is 0 Å². The van der Waals surface area contributed by atoms with Crippen LogP contribution in [0.5, 0.6) is 0 Å². The summed E-state index contributed by atoms with van der Waals surface area (Å²) in [5.41, 5.74) is -2.81. The van der Waals surface area contributed by atoms with Crippen LogP contribution in [-0.4, -0.2) is 55.6 Å². The Kier molecular flexibility index (Phi) is 5.30. The van der Waals surface area contributed by atoms with Gasteiger partial charge < -0.3 is 18.9 Å². The van der Waals surface area contributed by atoms with Crippen LogP contribution in [0, 0.1) is 28.6 Å². The van der Waals surface area contributed by atoms with E-state index in [0.717, 1.165) is 0 Å². The van der Waals surface area contributed by atoms with E-state index in [-0.39, 0.29) is 19.4 Å². The molecule has 7 nitrogen and oxygen atoms in total. The van der Waals surface area contributed by atoms with Crippen molar-refractivity contribution in [1.82, 2.24) is 0 Å². The Morgan fingerprint density at radius 1 is 1.19 bits per heavy atom. The molecule has 0 N–H and O–H groups in total. The maximum absolute atomic E-state index is 14.4. The Morgan fingerprint density at radius 3 is 2.48 bits per heavy atom. The molecule has 0 aromatic rings. The zero-order valence-corrected chi connectivity index (χ0v) is 17.7. The van der Waals surface area contributed by atoms with Gasteiger partial charge in [-0.3, -0.25) is 9.59 Å². The highest BCUT2D eigenvalue weighted by Crippen LogP contribution is 2.66. The number of hydrogen-bond donors (Lipinski definition) is 0. The van der Waals surface area contributed by atoms with Crippen molar-refractivity contribution in [2.45, 2.75) is 70.9 Å². The molecule has 5 aliphatic rings. The van der Waals surface area contributed by atoms with Crippen LogP contribution in [-0.2, 0) is 33.3 Å². The van der Waals surface area contributed by atoms with Crippen LogP contribution in [0.1, 0.15) is 46.5 Å². The lowest BCUT2D eigenvalue weighted by atomic mass is 9.49. The van der Waals surface area contributed by atoms with Gasteiger partial charge in [0.15, 0.2) is 6.10 Å². The van der Waals surface area contributed by atoms with Crippen molar-refractivity contribution in [3.05, 3.63) is 0 Å². The molecular weight excluding hydrogens is 421 g/mol. The summed E-state index contributed by atoms with van der Waals surface area (Å²) in [6.45, 7) is 4.67. The van der Waals surface area contributed by atoms with Crippen molar-refractivity contribution < 1.29 is 46.5 Å². The minimum atomic E-state index is -4.73. The Labute approximate surface area is 177 Å². The van der Waals surface area contributed by atoms with Gasteiger partial charge in [-0.05, 0) is 33.1 Å². The fourth-order valence-corrected chi connectivity index (χ4v) is 5.59. The summed E-state index contributed by atoms with van der Waals surface area (Å²) in [6.07, 6.45) is -6.64. The number of carbonyl (C=O) groups is 3. The Balaban J connectivity index is 1.66. The van der Waals surface area contributed by atoms with E-state index in [1.54, 1.807) is 20.8 Å². The minimum absolute atomic E-state index is 0.129. The van der Waals surface area contributed by atoms with E-state index >= 15 is 0 Å². The number of rotatable bonds is 6. The first-order chi connectivity index (χ1) is 14.4. The number of alkyl halides is 3. The van der Waals surface area contributed by atoms with Gasteiger partial charge in [-0.1, -0.05) is 6.92 Å². The fourth-order valence-electron chi connectivity index (χ4n) is 5.59. The highest BCUT2D eigenvalue weighted by atomic mass is 19.4. The summed E-state index contributed by atoms with van der Waals surface area (Å²) in [7, 11) is 0. The lowest BCUT2D eigenvalue weighted by molar-refractivity contribution is -0.278. The smallest absolute Gasteiger partial charge is 0.393 e. The van der Waals surface area contributed by atoms with E-state index in [4.69, 9.17) is 18.9 Å². The molecule has 5 fully saturated rings. The number of fused-ring (bicyclic) bond motifs is 1. The van der Waals surface area contributed by atoms with Gasteiger partial charge in [0.1, 0.15) is 17.6 Å². The van der Waals surface area contributed by atoms with Crippen molar-refractivity contribution in [3.8, 4) is 0 Å². The monoisotopic (exact) mass is 448 g/mol. The van der Waals surface area contributed by atoms with Crippen molar-refractivity contribution in [2.75, 3.05) is 13.2 Å². The minimum Gasteiger partial charge on any atom is -0.464 e. The van der Waals surface area contributed by atoms with E-state index in [2.05, 4.69) is 0 Å². The molecule has 2 saturated heterocycles. The summed E-state index contributed by atoms with van der Waals surface area (Å²) in [6, 6.07) is 0. The summed E-state index contributed by atoms with van der Waals surface area (Å²) in [4.78, 5) is 37.3. The molecular formula is C21H27F3O7. The third-order valence-corrected chi connectivity index (χ3v) is 7.66. The second kappa shape index (κ2) is 7.35. The van der Waals surface area contributed by atoms with Crippen LogP contribution in [0.3, 0.4) is 0 Å². The van der Waals surface area contributed by atoms with Gasteiger partial charge >= 0.3 is 24.1 Å². The van der Waals surface area contributed by atoms with E-state index in [9.17, 15) is 27.6 Å². The third-order valence-electron chi connectivity index (χ3n) is 7.66. The molecule has 10 heteroatoms. The Morgan fingerprint density at radius 2 is 1.90 bits per heavy atom. The second-order valence-corrected chi connectivity index (χ2v) is 9.64. The number of ether oxygens (including phenoxy) is 4. The van der Waals surface area contributed by atoms with Crippen LogP contribution in [0.2, 0.25) is 0 Å². The topological polar surface area (TPSA) is 88.1 Å². The van der Waals surface area contributed by atoms with Crippen molar-refractivity contribution in [2.24, 2.45) is 28.6 Å². The molecule has 31 heavy (non-hydrogen) atoms. The van der Waals surface area contributed by atoms with E-state index in [1.165, 1.54) is 0 Å². The molecule has 2 aliphatic heterocycles. The fraction of sp³-hybridized carbons (Fsp3) is 0.857. The van der Waals surface area contributed by atoms with Crippen molar-refractivity contribution >= 4 is 17.9 Å². The van der Waals surface area contributed by atoms with Crippen molar-refractivity contribution in [1.29, 1.82) is 0 Å². The molecule has 0 aromatic carbocycles. The Bertz CT molecular complexity index is 779. The highest BCUT2D eigenvalue weighted by molar-refractivity contribution is 5.82. The second-order valence-electron chi connectivity index (χ2n) is 9.64. The van der Waals surface area contributed by atoms with E-state index < -0.39 is 77.6 Å². The average Bonchev–Trinajstić information content (AvgIpc) is 3.21. The molecule has 174 valence electrons. The molecule has 7 atom stereocenters. The number of halogens is 3. The maximum atomic E-state index is 14.4. The molecule has 5 rings (SSSR count). The first kappa shape index (κ1) is 22.4. The molecule has 0 aromatic heterocycles. The van der Waals surface area contributed by atoms with Gasteiger partial charge in [0.25, 0.3) is 0 Å². The van der Waals surface area contributed by atoms with E-state index in [1.807, 2.05) is 0 Å². The van der Waals surface area contributed by atoms with Gasteiger partial charge in [0.05, 0.1) is 24.5 Å². The first-order valence-corrected chi connectivity index (χ1v) is 10.7. The lowest BCUT2D eigenvalue weighted by Gasteiger charge is -2.54. The molecule has 0 radical (unpaired) electrons. The molecule has 4 bridgehead atoms. The number of esters is 3. The number of hydrogen-bond acceptors (Lipinski definition) is 7. The largest absolute Gasteiger partial charge is 0.464 e. The molecule has 7 unspecified atom stereocenters. The van der Waals surface area contributed by atoms with Crippen LogP contribution in [0.25, 0.3) is 0 Å². The first-order valence-electron chi connectivity index (χ1n) is 10.7. The SMILES string of the molecule is CCC(C)(C)C(=O)OC1C2CCC3C1OC(=O)C3(COC1CCOC1=O)C2C(F)(F)F. The normalized spacial score (nSPS) is 39.4.